The molecule has 0 fully saturated rings. The first kappa shape index (κ1) is 22.9. The highest BCUT2D eigenvalue weighted by Gasteiger charge is 2.20. The Kier molecular flexibility index (Phi) is 6.20. The zero-order valence-corrected chi connectivity index (χ0v) is 19.1. The quantitative estimate of drug-likeness (QED) is 0.424. The zero-order chi connectivity index (χ0) is 23.8. The van der Waals surface area contributed by atoms with Crippen LogP contribution in [0.1, 0.15) is 24.1 Å². The summed E-state index contributed by atoms with van der Waals surface area (Å²) in [5.74, 6) is -0.729. The van der Waals surface area contributed by atoms with Gasteiger partial charge in [0.05, 0.1) is 22.9 Å². The predicted octanol–water partition coefficient (Wildman–Crippen LogP) is 4.27. The standard InChI is InChI=1S/C23H20ClFN4O3S/c1-14(15-6-8-17(25)9-7-15)29-13-19-21(28-29)11-18(12-22(19)33(26,31)32)27-23(30)10-16-4-2-3-5-20(16)24/h2-9,11-14H,10H2,1H3,(H,27,30)(H2,26,31,32). The molecule has 1 unspecified atom stereocenters. The fourth-order valence-electron chi connectivity index (χ4n) is 3.53. The number of hydrogen-bond acceptors (Lipinski definition) is 4. The fourth-order valence-corrected chi connectivity index (χ4v) is 4.49. The van der Waals surface area contributed by atoms with E-state index in [9.17, 15) is 17.6 Å². The van der Waals surface area contributed by atoms with Crippen LogP contribution in [0.4, 0.5) is 10.1 Å². The fraction of sp³-hybridized carbons (Fsp3) is 0.130. The van der Waals surface area contributed by atoms with Gasteiger partial charge in [-0.15, -0.1) is 0 Å². The smallest absolute Gasteiger partial charge is 0.238 e. The first-order valence-electron chi connectivity index (χ1n) is 9.96. The molecule has 0 radical (unpaired) electrons. The van der Waals surface area contributed by atoms with Crippen LogP contribution in [0.15, 0.2) is 71.8 Å². The third kappa shape index (κ3) is 5.05. The van der Waals surface area contributed by atoms with Crippen LogP contribution in [0.3, 0.4) is 0 Å². The van der Waals surface area contributed by atoms with Crippen LogP contribution in [0.25, 0.3) is 10.9 Å². The van der Waals surface area contributed by atoms with Crippen LogP contribution in [0.2, 0.25) is 5.02 Å². The van der Waals surface area contributed by atoms with E-state index in [0.29, 0.717) is 21.5 Å². The number of nitrogens with zero attached hydrogens (tertiary/aromatic N) is 2. The molecule has 0 aliphatic carbocycles. The van der Waals surface area contributed by atoms with Gasteiger partial charge in [0.15, 0.2) is 0 Å². The van der Waals surface area contributed by atoms with Crippen molar-refractivity contribution < 1.29 is 17.6 Å². The highest BCUT2D eigenvalue weighted by atomic mass is 35.5. The molecule has 3 N–H and O–H groups in total. The van der Waals surface area contributed by atoms with Crippen LogP contribution in [-0.4, -0.2) is 24.1 Å². The Morgan fingerprint density at radius 3 is 2.55 bits per heavy atom. The van der Waals surface area contributed by atoms with E-state index in [1.54, 1.807) is 53.3 Å². The molecule has 1 aromatic heterocycles. The number of aromatic nitrogens is 2. The van der Waals surface area contributed by atoms with Gasteiger partial charge in [-0.25, -0.2) is 17.9 Å². The Hall–Kier alpha value is -3.27. The minimum absolute atomic E-state index is 0.0124. The lowest BCUT2D eigenvalue weighted by molar-refractivity contribution is -0.115. The van der Waals surface area contributed by atoms with Gasteiger partial charge in [0, 0.05) is 22.3 Å². The number of fused-ring (bicyclic) bond motifs is 1. The van der Waals surface area contributed by atoms with Crippen molar-refractivity contribution in [3.63, 3.8) is 0 Å². The number of amides is 1. The van der Waals surface area contributed by atoms with Crippen LogP contribution >= 0.6 is 11.6 Å². The summed E-state index contributed by atoms with van der Waals surface area (Å²) in [7, 11) is -4.11. The Morgan fingerprint density at radius 2 is 1.88 bits per heavy atom. The number of rotatable bonds is 6. The SMILES string of the molecule is CC(c1ccc(F)cc1)n1cc2c(S(N)(=O)=O)cc(NC(=O)Cc3ccccc3Cl)cc2n1. The summed E-state index contributed by atoms with van der Waals surface area (Å²) >= 11 is 6.12. The Balaban J connectivity index is 1.69. The summed E-state index contributed by atoms with van der Waals surface area (Å²) in [6, 6.07) is 15.5. The van der Waals surface area contributed by atoms with Gasteiger partial charge < -0.3 is 5.32 Å². The number of anilines is 1. The predicted molar refractivity (Wildman–Crippen MR) is 125 cm³/mol. The number of primary sulfonamides is 1. The molecule has 10 heteroatoms. The lowest BCUT2D eigenvalue weighted by Gasteiger charge is -2.12. The van der Waals surface area contributed by atoms with Crippen molar-refractivity contribution in [3.8, 4) is 0 Å². The van der Waals surface area contributed by atoms with E-state index in [-0.39, 0.29) is 34.8 Å². The van der Waals surface area contributed by atoms with Crippen molar-refractivity contribution in [1.82, 2.24) is 9.78 Å². The lowest BCUT2D eigenvalue weighted by atomic mass is 10.1. The van der Waals surface area contributed by atoms with E-state index < -0.39 is 10.0 Å². The van der Waals surface area contributed by atoms with Gasteiger partial charge in [-0.05, 0) is 48.4 Å². The third-order valence-electron chi connectivity index (χ3n) is 5.25. The summed E-state index contributed by atoms with van der Waals surface area (Å²) in [5.41, 5.74) is 2.00. The molecule has 0 saturated heterocycles. The Bertz CT molecular complexity index is 1450. The summed E-state index contributed by atoms with van der Waals surface area (Å²) < 4.78 is 39.4. The Labute approximate surface area is 195 Å². The molecule has 0 spiro atoms. The number of sulfonamides is 1. The number of benzene rings is 3. The topological polar surface area (TPSA) is 107 Å². The number of halogens is 2. The molecule has 1 amide bonds. The van der Waals surface area contributed by atoms with Gasteiger partial charge in [0.25, 0.3) is 0 Å². The molecule has 0 saturated carbocycles. The summed E-state index contributed by atoms with van der Waals surface area (Å²) in [4.78, 5) is 12.4. The summed E-state index contributed by atoms with van der Waals surface area (Å²) in [6.07, 6.45) is 1.58. The lowest BCUT2D eigenvalue weighted by Crippen LogP contribution is -2.16. The highest BCUT2D eigenvalue weighted by Crippen LogP contribution is 2.29. The van der Waals surface area contributed by atoms with Crippen molar-refractivity contribution in [2.24, 2.45) is 5.14 Å². The van der Waals surface area contributed by atoms with E-state index in [0.717, 1.165) is 5.56 Å². The number of carbonyl (C=O) groups is 1. The first-order valence-corrected chi connectivity index (χ1v) is 11.9. The third-order valence-corrected chi connectivity index (χ3v) is 6.57. The molecular weight excluding hydrogens is 467 g/mol. The van der Waals surface area contributed by atoms with E-state index in [2.05, 4.69) is 10.4 Å². The molecule has 0 aliphatic heterocycles. The van der Waals surface area contributed by atoms with Crippen molar-refractivity contribution in [2.45, 2.75) is 24.3 Å². The molecule has 1 atom stereocenters. The molecule has 4 rings (SSSR count). The van der Waals surface area contributed by atoms with E-state index in [1.807, 2.05) is 6.92 Å². The van der Waals surface area contributed by atoms with E-state index >= 15 is 0 Å². The second-order valence-electron chi connectivity index (χ2n) is 7.61. The van der Waals surface area contributed by atoms with Gasteiger partial charge in [-0.1, -0.05) is 41.9 Å². The van der Waals surface area contributed by atoms with Crippen LogP contribution in [0.5, 0.6) is 0 Å². The number of nitrogens with one attached hydrogen (secondary N) is 1. The summed E-state index contributed by atoms with van der Waals surface area (Å²) in [6.45, 7) is 1.85. The molecule has 7 nitrogen and oxygen atoms in total. The molecule has 33 heavy (non-hydrogen) atoms. The van der Waals surface area contributed by atoms with Crippen LogP contribution in [-0.2, 0) is 21.2 Å². The van der Waals surface area contributed by atoms with E-state index in [1.165, 1.54) is 18.2 Å². The van der Waals surface area contributed by atoms with Crippen molar-refractivity contribution in [1.29, 1.82) is 0 Å². The zero-order valence-electron chi connectivity index (χ0n) is 17.5. The maximum absolute atomic E-state index is 13.3. The summed E-state index contributed by atoms with van der Waals surface area (Å²) in [5, 5.41) is 13.4. The average molecular weight is 487 g/mol. The largest absolute Gasteiger partial charge is 0.326 e. The maximum atomic E-state index is 13.3. The first-order chi connectivity index (χ1) is 15.6. The van der Waals surface area contributed by atoms with Gasteiger partial charge in [0.1, 0.15) is 5.82 Å². The normalized spacial score (nSPS) is 12.6. The maximum Gasteiger partial charge on any atom is 0.238 e. The van der Waals surface area contributed by atoms with Crippen molar-refractivity contribution in [2.75, 3.05) is 5.32 Å². The van der Waals surface area contributed by atoms with E-state index in [4.69, 9.17) is 16.7 Å². The molecule has 0 bridgehead atoms. The molecule has 170 valence electrons. The van der Waals surface area contributed by atoms with Gasteiger partial charge in [-0.2, -0.15) is 5.10 Å². The van der Waals surface area contributed by atoms with Crippen LogP contribution < -0.4 is 10.5 Å². The van der Waals surface area contributed by atoms with Crippen molar-refractivity contribution >= 4 is 44.1 Å². The van der Waals surface area contributed by atoms with Crippen molar-refractivity contribution in [3.05, 3.63) is 88.8 Å². The minimum atomic E-state index is -4.11. The van der Waals surface area contributed by atoms with Gasteiger partial charge >= 0.3 is 0 Å². The number of nitrogens with two attached hydrogens (primary N) is 1. The Morgan fingerprint density at radius 1 is 1.18 bits per heavy atom. The second-order valence-corrected chi connectivity index (χ2v) is 9.54. The average Bonchev–Trinajstić information content (AvgIpc) is 3.18. The monoisotopic (exact) mass is 486 g/mol. The number of carbonyl (C=O) groups excluding carboxylic acids is 1. The molecular formula is C23H20ClFN4O3S. The van der Waals surface area contributed by atoms with Crippen LogP contribution in [0, 0.1) is 5.82 Å². The number of hydrogen-bond donors (Lipinski definition) is 2. The minimum Gasteiger partial charge on any atom is -0.326 e. The molecule has 1 heterocycles. The van der Waals surface area contributed by atoms with Gasteiger partial charge in [-0.3, -0.25) is 9.48 Å². The van der Waals surface area contributed by atoms with Gasteiger partial charge in [0.2, 0.25) is 15.9 Å². The second kappa shape index (κ2) is 8.93. The molecule has 0 aliphatic rings. The highest BCUT2D eigenvalue weighted by molar-refractivity contribution is 7.89. The molecule has 3 aromatic carbocycles. The molecule has 4 aromatic rings.